The number of hydrogen-bond acceptors (Lipinski definition) is 5. The van der Waals surface area contributed by atoms with Crippen LogP contribution in [0.5, 0.6) is 0 Å². The number of esters is 2. The number of methoxy groups -OCH3 is 2. The fourth-order valence-electron chi connectivity index (χ4n) is 3.60. The Kier molecular flexibility index (Phi) is 5.99. The predicted molar refractivity (Wildman–Crippen MR) is 103 cm³/mol. The summed E-state index contributed by atoms with van der Waals surface area (Å²) in [6, 6.07) is 13.1. The molecule has 0 aliphatic carbocycles. The van der Waals surface area contributed by atoms with Crippen molar-refractivity contribution in [1.82, 2.24) is 4.90 Å². The molecule has 2 aromatic rings. The van der Waals surface area contributed by atoms with Gasteiger partial charge < -0.3 is 14.4 Å². The van der Waals surface area contributed by atoms with E-state index in [4.69, 9.17) is 21.1 Å². The second-order valence-electron chi connectivity index (χ2n) is 6.39. The first kappa shape index (κ1) is 19.9. The normalized spacial score (nSPS) is 18.2. The lowest BCUT2D eigenvalue weighted by Gasteiger charge is -2.42. The summed E-state index contributed by atoms with van der Waals surface area (Å²) in [5.74, 6) is -1.57. The molecule has 146 valence electrons. The molecule has 6 nitrogen and oxygen atoms in total. The number of fused-ring (bicyclic) bond motifs is 1. The van der Waals surface area contributed by atoms with E-state index in [0.29, 0.717) is 12.0 Å². The van der Waals surface area contributed by atoms with Crippen molar-refractivity contribution in [2.75, 3.05) is 20.1 Å². The van der Waals surface area contributed by atoms with Crippen molar-refractivity contribution in [3.8, 4) is 0 Å². The Labute approximate surface area is 168 Å². The van der Waals surface area contributed by atoms with Gasteiger partial charge in [-0.15, -0.1) is 11.6 Å². The fourth-order valence-corrected chi connectivity index (χ4v) is 3.74. The summed E-state index contributed by atoms with van der Waals surface area (Å²) < 4.78 is 9.68. The zero-order chi connectivity index (χ0) is 20.3. The molecule has 2 atom stereocenters. The highest BCUT2D eigenvalue weighted by atomic mass is 35.5. The lowest BCUT2D eigenvalue weighted by Crippen LogP contribution is -2.52. The van der Waals surface area contributed by atoms with Crippen molar-refractivity contribution >= 4 is 29.4 Å². The van der Waals surface area contributed by atoms with Gasteiger partial charge in [-0.2, -0.15) is 0 Å². The summed E-state index contributed by atoms with van der Waals surface area (Å²) >= 11 is 5.86. The summed E-state index contributed by atoms with van der Waals surface area (Å²) in [6.07, 6.45) is 0.349. The minimum Gasteiger partial charge on any atom is -0.467 e. The van der Waals surface area contributed by atoms with Crippen molar-refractivity contribution in [2.24, 2.45) is 0 Å². The van der Waals surface area contributed by atoms with Gasteiger partial charge in [-0.05, 0) is 28.8 Å². The topological polar surface area (TPSA) is 72.9 Å². The Balaban J connectivity index is 2.14. The number of nitrogens with zero attached hydrogens (tertiary/aromatic N) is 1. The molecular formula is C21H20ClNO5. The molecule has 0 saturated carbocycles. The van der Waals surface area contributed by atoms with Gasteiger partial charge in [0.25, 0.3) is 0 Å². The fraction of sp³-hybridized carbons (Fsp3) is 0.286. The van der Waals surface area contributed by atoms with Crippen molar-refractivity contribution in [1.29, 1.82) is 0 Å². The Hall–Kier alpha value is -2.86. The van der Waals surface area contributed by atoms with Crippen molar-refractivity contribution in [3.05, 3.63) is 70.8 Å². The van der Waals surface area contributed by atoms with Gasteiger partial charge in [0.1, 0.15) is 11.9 Å². The van der Waals surface area contributed by atoms with Crippen molar-refractivity contribution in [2.45, 2.75) is 18.5 Å². The largest absolute Gasteiger partial charge is 0.467 e. The second-order valence-corrected chi connectivity index (χ2v) is 6.66. The molecule has 7 heteroatoms. The van der Waals surface area contributed by atoms with E-state index in [9.17, 15) is 14.4 Å². The van der Waals surface area contributed by atoms with Crippen LogP contribution in [0, 0.1) is 0 Å². The van der Waals surface area contributed by atoms with Crippen molar-refractivity contribution in [3.63, 3.8) is 0 Å². The number of rotatable bonds is 4. The van der Waals surface area contributed by atoms with E-state index in [0.717, 1.165) is 16.7 Å². The molecule has 0 unspecified atom stereocenters. The molecule has 0 saturated heterocycles. The van der Waals surface area contributed by atoms with E-state index >= 15 is 0 Å². The van der Waals surface area contributed by atoms with Crippen molar-refractivity contribution < 1.29 is 23.9 Å². The Morgan fingerprint density at radius 2 is 1.71 bits per heavy atom. The Morgan fingerprint density at radius 3 is 2.32 bits per heavy atom. The number of benzene rings is 2. The molecule has 3 rings (SSSR count). The standard InChI is InChI=1S/C21H20ClNO5/c1-27-20(25)14-9-7-13(8-10-14)19-16-6-4-3-5-15(16)11-17(21(26)28-2)23(19)18(24)12-22/h3-10,17,19H,11-12H2,1-2H3/t17-,19-/m1/s1. The maximum Gasteiger partial charge on any atom is 0.337 e. The molecule has 0 N–H and O–H groups in total. The number of carbonyl (C=O) groups is 3. The molecule has 0 radical (unpaired) electrons. The maximum absolute atomic E-state index is 12.7. The first-order chi connectivity index (χ1) is 13.5. The number of hydrogen-bond donors (Lipinski definition) is 0. The van der Waals surface area contributed by atoms with Crippen LogP contribution >= 0.6 is 11.6 Å². The van der Waals surface area contributed by atoms with E-state index < -0.39 is 24.0 Å². The van der Waals surface area contributed by atoms with Crippen LogP contribution in [-0.2, 0) is 25.5 Å². The zero-order valence-corrected chi connectivity index (χ0v) is 16.3. The van der Waals surface area contributed by atoms with Crippen LogP contribution in [-0.4, -0.2) is 48.9 Å². The maximum atomic E-state index is 12.7. The summed E-state index contributed by atoms with van der Waals surface area (Å²) in [5.41, 5.74) is 3.02. The molecule has 28 heavy (non-hydrogen) atoms. The molecule has 1 amide bonds. The van der Waals surface area contributed by atoms with Gasteiger partial charge >= 0.3 is 11.9 Å². The summed E-state index contributed by atoms with van der Waals surface area (Å²) in [4.78, 5) is 38.4. The zero-order valence-electron chi connectivity index (χ0n) is 15.6. The number of halogens is 1. The van der Waals surface area contributed by atoms with E-state index in [2.05, 4.69) is 0 Å². The van der Waals surface area contributed by atoms with Gasteiger partial charge in [-0.25, -0.2) is 9.59 Å². The summed E-state index contributed by atoms with van der Waals surface area (Å²) in [5, 5.41) is 0. The van der Waals surface area contributed by atoms with E-state index in [1.165, 1.54) is 19.1 Å². The lowest BCUT2D eigenvalue weighted by molar-refractivity contribution is -0.154. The monoisotopic (exact) mass is 401 g/mol. The molecular weight excluding hydrogens is 382 g/mol. The van der Waals surface area contributed by atoms with Crippen LogP contribution in [0.3, 0.4) is 0 Å². The van der Waals surface area contributed by atoms with E-state index in [-0.39, 0.29) is 11.8 Å². The third kappa shape index (κ3) is 3.60. The molecule has 2 aromatic carbocycles. The smallest absolute Gasteiger partial charge is 0.337 e. The highest BCUT2D eigenvalue weighted by molar-refractivity contribution is 6.27. The van der Waals surface area contributed by atoms with Gasteiger partial charge in [0.2, 0.25) is 5.91 Å². The minimum atomic E-state index is -0.781. The van der Waals surface area contributed by atoms with Crippen LogP contribution < -0.4 is 0 Å². The summed E-state index contributed by atoms with van der Waals surface area (Å²) in [6.45, 7) is 0. The van der Waals surface area contributed by atoms with Crippen LogP contribution in [0.4, 0.5) is 0 Å². The van der Waals surface area contributed by atoms with Gasteiger partial charge in [-0.1, -0.05) is 36.4 Å². The highest BCUT2D eigenvalue weighted by Crippen LogP contribution is 2.38. The average Bonchev–Trinajstić information content (AvgIpc) is 2.76. The molecule has 0 spiro atoms. The third-order valence-electron chi connectivity index (χ3n) is 4.90. The third-order valence-corrected chi connectivity index (χ3v) is 5.13. The van der Waals surface area contributed by atoms with Gasteiger partial charge in [0.15, 0.2) is 0 Å². The molecule has 1 aliphatic heterocycles. The van der Waals surface area contributed by atoms with Crippen LogP contribution in [0.15, 0.2) is 48.5 Å². The lowest BCUT2D eigenvalue weighted by atomic mass is 9.84. The molecule has 0 aromatic heterocycles. The van der Waals surface area contributed by atoms with E-state index in [1.54, 1.807) is 24.3 Å². The van der Waals surface area contributed by atoms with Crippen LogP contribution in [0.25, 0.3) is 0 Å². The van der Waals surface area contributed by atoms with Gasteiger partial charge in [0.05, 0.1) is 25.8 Å². The predicted octanol–water partition coefficient (Wildman–Crippen LogP) is 2.73. The number of ether oxygens (including phenoxy) is 2. The number of alkyl halides is 1. The average molecular weight is 402 g/mol. The minimum absolute atomic E-state index is 0.258. The first-order valence-corrected chi connectivity index (χ1v) is 9.26. The van der Waals surface area contributed by atoms with Crippen LogP contribution in [0.2, 0.25) is 0 Å². The number of carbonyl (C=O) groups excluding carboxylic acids is 3. The quantitative estimate of drug-likeness (QED) is 0.581. The molecule has 0 bridgehead atoms. The Bertz CT molecular complexity index is 896. The first-order valence-electron chi connectivity index (χ1n) is 8.72. The van der Waals surface area contributed by atoms with Gasteiger partial charge in [0, 0.05) is 6.42 Å². The molecule has 0 fully saturated rings. The van der Waals surface area contributed by atoms with Crippen LogP contribution in [0.1, 0.15) is 33.1 Å². The summed E-state index contributed by atoms with van der Waals surface area (Å²) in [7, 11) is 2.61. The molecule has 1 aliphatic rings. The second kappa shape index (κ2) is 8.44. The molecule has 1 heterocycles. The highest BCUT2D eigenvalue weighted by Gasteiger charge is 2.41. The van der Waals surface area contributed by atoms with Gasteiger partial charge in [-0.3, -0.25) is 4.79 Å². The van der Waals surface area contributed by atoms with E-state index in [1.807, 2.05) is 24.3 Å². The number of amides is 1. The Morgan fingerprint density at radius 1 is 1.04 bits per heavy atom. The SMILES string of the molecule is COC(=O)c1ccc([C@@H]2c3ccccc3C[C@H](C(=O)OC)N2C(=O)CCl)cc1.